The van der Waals surface area contributed by atoms with Gasteiger partial charge in [-0.1, -0.05) is 6.58 Å². The first-order chi connectivity index (χ1) is 9.77. The second-order valence-corrected chi connectivity index (χ2v) is 3.78. The van der Waals surface area contributed by atoms with E-state index in [1.807, 2.05) is 0 Å². The first-order valence-electron chi connectivity index (χ1n) is 5.44. The van der Waals surface area contributed by atoms with Crippen molar-refractivity contribution >= 4 is 23.9 Å². The number of rotatable bonds is 6. The van der Waals surface area contributed by atoms with E-state index in [-0.39, 0.29) is 5.56 Å². The van der Waals surface area contributed by atoms with Crippen molar-refractivity contribution in [2.75, 3.05) is 0 Å². The second kappa shape index (κ2) is 6.33. The van der Waals surface area contributed by atoms with E-state index in [0.717, 1.165) is 12.1 Å². The average Bonchev–Trinajstić information content (AvgIpc) is 2.43. The molecule has 0 amide bonds. The zero-order valence-corrected chi connectivity index (χ0v) is 10.5. The van der Waals surface area contributed by atoms with E-state index in [0.29, 0.717) is 6.07 Å². The van der Waals surface area contributed by atoms with Crippen molar-refractivity contribution in [3.05, 3.63) is 47.0 Å². The van der Waals surface area contributed by atoms with Gasteiger partial charge < -0.3 is 20.1 Å². The normalized spacial score (nSPS) is 9.71. The minimum Gasteiger partial charge on any atom is -0.478 e. The van der Waals surface area contributed by atoms with E-state index in [9.17, 15) is 19.2 Å². The lowest BCUT2D eigenvalue weighted by atomic mass is 9.98. The predicted octanol–water partition coefficient (Wildman–Crippen LogP) is 1.01. The Morgan fingerprint density at radius 2 is 1.43 bits per heavy atom. The quantitative estimate of drug-likeness (QED) is 0.522. The summed E-state index contributed by atoms with van der Waals surface area (Å²) in [6.45, 7) is 2.63. The number of carboxylic acids is 3. The van der Waals surface area contributed by atoms with Gasteiger partial charge in [-0.2, -0.15) is 0 Å². The molecule has 0 bridgehead atoms. The highest BCUT2D eigenvalue weighted by molar-refractivity contribution is 6.04. The Hall–Kier alpha value is -3.16. The van der Waals surface area contributed by atoms with Crippen LogP contribution in [0.3, 0.4) is 0 Å². The Morgan fingerprint density at radius 1 is 0.952 bits per heavy atom. The van der Waals surface area contributed by atoms with Crippen LogP contribution in [0.5, 0.6) is 0 Å². The van der Waals surface area contributed by atoms with Crippen molar-refractivity contribution in [1.29, 1.82) is 0 Å². The smallest absolute Gasteiger partial charge is 0.336 e. The summed E-state index contributed by atoms with van der Waals surface area (Å²) in [4.78, 5) is 44.0. The molecule has 0 aromatic heterocycles. The molecular weight excluding hydrogens is 284 g/mol. The van der Waals surface area contributed by atoms with Crippen molar-refractivity contribution in [3.63, 3.8) is 0 Å². The van der Waals surface area contributed by atoms with Crippen molar-refractivity contribution in [3.8, 4) is 0 Å². The van der Waals surface area contributed by atoms with E-state index in [4.69, 9.17) is 15.3 Å². The topological polar surface area (TPSA) is 138 Å². The molecule has 8 heteroatoms. The third kappa shape index (κ3) is 3.66. The van der Waals surface area contributed by atoms with Gasteiger partial charge in [-0.05, 0) is 12.1 Å². The van der Waals surface area contributed by atoms with E-state index < -0.39 is 47.2 Å². The summed E-state index contributed by atoms with van der Waals surface area (Å²) in [6, 6.07) is 1.57. The van der Waals surface area contributed by atoms with E-state index in [1.165, 1.54) is 0 Å². The van der Waals surface area contributed by atoms with Gasteiger partial charge in [-0.3, -0.25) is 0 Å². The largest absolute Gasteiger partial charge is 0.478 e. The Morgan fingerprint density at radius 3 is 1.86 bits per heavy atom. The molecule has 8 nitrogen and oxygen atoms in total. The average molecular weight is 294 g/mol. The number of aromatic carboxylic acids is 3. The van der Waals surface area contributed by atoms with Crippen LogP contribution >= 0.6 is 0 Å². The third-order valence-corrected chi connectivity index (χ3v) is 2.47. The number of carboxylic acid groups (broad SMARTS) is 3. The summed E-state index contributed by atoms with van der Waals surface area (Å²) in [6.07, 6.45) is 0.851. The molecule has 0 saturated heterocycles. The second-order valence-electron chi connectivity index (χ2n) is 3.78. The molecule has 0 heterocycles. The van der Waals surface area contributed by atoms with Gasteiger partial charge in [0.2, 0.25) is 0 Å². The van der Waals surface area contributed by atoms with Gasteiger partial charge in [0.1, 0.15) is 6.61 Å². The van der Waals surface area contributed by atoms with Crippen LogP contribution in [0, 0.1) is 0 Å². The van der Waals surface area contributed by atoms with Gasteiger partial charge in [0.15, 0.2) is 0 Å². The lowest BCUT2D eigenvalue weighted by molar-refractivity contribution is -0.139. The number of esters is 1. The molecule has 1 rings (SSSR count). The number of carbonyl (C=O) groups excluding carboxylic acids is 1. The highest BCUT2D eigenvalue weighted by Crippen LogP contribution is 2.19. The molecular formula is C13H10O8. The van der Waals surface area contributed by atoms with Crippen LogP contribution in [0.15, 0.2) is 24.8 Å². The van der Waals surface area contributed by atoms with Crippen LogP contribution in [0.4, 0.5) is 0 Å². The van der Waals surface area contributed by atoms with Crippen LogP contribution in [-0.2, 0) is 16.1 Å². The fourth-order valence-electron chi connectivity index (χ4n) is 1.52. The van der Waals surface area contributed by atoms with Gasteiger partial charge in [0, 0.05) is 11.6 Å². The molecule has 0 aliphatic carbocycles. The molecule has 0 atom stereocenters. The Labute approximate surface area is 117 Å². The summed E-state index contributed by atoms with van der Waals surface area (Å²) >= 11 is 0. The molecule has 0 aliphatic heterocycles. The fraction of sp³-hybridized carbons (Fsp3) is 0.0769. The monoisotopic (exact) mass is 294 g/mol. The summed E-state index contributed by atoms with van der Waals surface area (Å²) in [5.74, 6) is -5.42. The predicted molar refractivity (Wildman–Crippen MR) is 67.3 cm³/mol. The molecule has 1 aromatic carbocycles. The number of hydrogen-bond donors (Lipinski definition) is 3. The summed E-state index contributed by atoms with van der Waals surface area (Å²) in [5.41, 5.74) is -1.87. The van der Waals surface area contributed by atoms with Crippen molar-refractivity contribution in [1.82, 2.24) is 0 Å². The van der Waals surface area contributed by atoms with Crippen LogP contribution in [0.25, 0.3) is 0 Å². The Bertz CT molecular complexity index is 644. The first-order valence-corrected chi connectivity index (χ1v) is 5.44. The van der Waals surface area contributed by atoms with Gasteiger partial charge in [-0.15, -0.1) is 0 Å². The van der Waals surface area contributed by atoms with Crippen LogP contribution < -0.4 is 0 Å². The fourth-order valence-corrected chi connectivity index (χ4v) is 1.52. The zero-order chi connectivity index (χ0) is 16.2. The van der Waals surface area contributed by atoms with Gasteiger partial charge in [0.25, 0.3) is 0 Å². The number of benzene rings is 1. The lowest BCUT2D eigenvalue weighted by Crippen LogP contribution is -2.14. The highest BCUT2D eigenvalue weighted by Gasteiger charge is 2.22. The third-order valence-electron chi connectivity index (χ3n) is 2.47. The minimum atomic E-state index is -1.58. The summed E-state index contributed by atoms with van der Waals surface area (Å²) < 4.78 is 4.64. The maximum absolute atomic E-state index is 11.1. The zero-order valence-electron chi connectivity index (χ0n) is 10.5. The molecule has 0 fully saturated rings. The number of ether oxygens (including phenoxy) is 1. The maximum atomic E-state index is 11.1. The maximum Gasteiger partial charge on any atom is 0.336 e. The molecule has 0 radical (unpaired) electrons. The van der Waals surface area contributed by atoms with Gasteiger partial charge in [0.05, 0.1) is 16.7 Å². The van der Waals surface area contributed by atoms with E-state index in [1.54, 1.807) is 0 Å². The molecule has 0 spiro atoms. The first kappa shape index (κ1) is 15.9. The molecule has 0 aliphatic rings. The molecule has 0 saturated carbocycles. The summed E-state index contributed by atoms with van der Waals surface area (Å²) in [7, 11) is 0. The van der Waals surface area contributed by atoms with Crippen molar-refractivity contribution < 1.29 is 39.2 Å². The molecule has 21 heavy (non-hydrogen) atoms. The van der Waals surface area contributed by atoms with Gasteiger partial charge in [-0.25, -0.2) is 19.2 Å². The Balaban J connectivity index is 3.40. The SMILES string of the molecule is C=CC(=O)OCc1cc(C(=O)O)c(C(=O)O)cc1C(=O)O. The van der Waals surface area contributed by atoms with Crippen molar-refractivity contribution in [2.45, 2.75) is 6.61 Å². The van der Waals surface area contributed by atoms with Crippen molar-refractivity contribution in [2.24, 2.45) is 0 Å². The molecule has 110 valence electrons. The molecule has 0 unspecified atom stereocenters. The standard InChI is InChI=1S/C13H10O8/c1-2-10(14)21-5-6-3-8(12(17)18)9(13(19)20)4-7(6)11(15)16/h2-4H,1,5H2,(H,15,16)(H,17,18)(H,19,20). The molecule has 3 N–H and O–H groups in total. The van der Waals surface area contributed by atoms with E-state index in [2.05, 4.69) is 11.3 Å². The summed E-state index contributed by atoms with van der Waals surface area (Å²) in [5, 5.41) is 26.9. The number of hydrogen-bond acceptors (Lipinski definition) is 5. The van der Waals surface area contributed by atoms with E-state index >= 15 is 0 Å². The lowest BCUT2D eigenvalue weighted by Gasteiger charge is -2.10. The number of carbonyl (C=O) groups is 4. The Kier molecular flexibility index (Phi) is 4.79. The minimum absolute atomic E-state index is 0.139. The van der Waals surface area contributed by atoms with Gasteiger partial charge >= 0.3 is 23.9 Å². The van der Waals surface area contributed by atoms with Crippen LogP contribution in [0.1, 0.15) is 36.6 Å². The van der Waals surface area contributed by atoms with Crippen LogP contribution in [0.2, 0.25) is 0 Å². The van der Waals surface area contributed by atoms with Crippen LogP contribution in [-0.4, -0.2) is 39.2 Å². The molecule has 1 aromatic rings. The highest BCUT2D eigenvalue weighted by atomic mass is 16.5.